The van der Waals surface area contributed by atoms with Gasteiger partial charge in [0.15, 0.2) is 0 Å². The molecule has 1 atom stereocenters. The molecular weight excluding hydrogens is 314 g/mol. The van der Waals surface area contributed by atoms with Gasteiger partial charge in [-0.2, -0.15) is 0 Å². The molecule has 0 aromatic heterocycles. The highest BCUT2D eigenvalue weighted by Crippen LogP contribution is 2.43. The van der Waals surface area contributed by atoms with Gasteiger partial charge in [-0.25, -0.2) is 0 Å². The summed E-state index contributed by atoms with van der Waals surface area (Å²) in [6.45, 7) is 2.76. The van der Waals surface area contributed by atoms with Crippen LogP contribution in [0.3, 0.4) is 0 Å². The Bertz CT molecular complexity index is 594. The fourth-order valence-corrected chi connectivity index (χ4v) is 3.90. The molecule has 0 amide bonds. The van der Waals surface area contributed by atoms with E-state index in [1.165, 1.54) is 35.1 Å². The third-order valence-electron chi connectivity index (χ3n) is 4.65. The Kier molecular flexibility index (Phi) is 3.29. The van der Waals surface area contributed by atoms with E-state index < -0.39 is 0 Å². The molecule has 2 aliphatic heterocycles. The van der Waals surface area contributed by atoms with Crippen LogP contribution in [0.4, 0.5) is 0 Å². The minimum atomic E-state index is 0.578. The van der Waals surface area contributed by atoms with Crippen LogP contribution in [0.25, 0.3) is 5.57 Å². The highest BCUT2D eigenvalue weighted by Gasteiger charge is 2.33. The topological polar surface area (TPSA) is 21.3 Å². The van der Waals surface area contributed by atoms with Crippen LogP contribution >= 0.6 is 15.9 Å². The van der Waals surface area contributed by atoms with Crippen molar-refractivity contribution in [2.45, 2.75) is 25.3 Å². The summed E-state index contributed by atoms with van der Waals surface area (Å²) in [5, 5.41) is 3.64. The van der Waals surface area contributed by atoms with Crippen LogP contribution < -0.4 is 5.32 Å². The molecule has 3 heteroatoms. The second kappa shape index (κ2) is 5.14. The summed E-state index contributed by atoms with van der Waals surface area (Å²) in [6, 6.07) is 9.27. The van der Waals surface area contributed by atoms with Crippen LogP contribution in [0.5, 0.6) is 0 Å². The van der Waals surface area contributed by atoms with Crippen LogP contribution in [0.15, 0.2) is 45.5 Å². The zero-order valence-electron chi connectivity index (χ0n) is 11.4. The second-order valence-electron chi connectivity index (χ2n) is 5.79. The molecule has 1 aromatic carbocycles. The minimum Gasteiger partial charge on any atom is -0.372 e. The van der Waals surface area contributed by atoms with Gasteiger partial charge >= 0.3 is 0 Å². The fourth-order valence-electron chi connectivity index (χ4n) is 3.63. The van der Waals surface area contributed by atoms with Crippen molar-refractivity contribution >= 4 is 21.5 Å². The van der Waals surface area contributed by atoms with Gasteiger partial charge in [-0.3, -0.25) is 0 Å². The SMILES string of the molecule is Brc1ccc(C2=C3COCC3=C(C3CCCN3)C2)cc1. The van der Waals surface area contributed by atoms with Crippen molar-refractivity contribution in [2.24, 2.45) is 0 Å². The third-order valence-corrected chi connectivity index (χ3v) is 5.18. The fraction of sp³-hybridized carbons (Fsp3) is 0.412. The maximum Gasteiger partial charge on any atom is 0.0727 e. The van der Waals surface area contributed by atoms with Crippen molar-refractivity contribution in [3.63, 3.8) is 0 Å². The molecule has 4 rings (SSSR count). The summed E-state index contributed by atoms with van der Waals surface area (Å²) in [4.78, 5) is 0. The molecule has 1 aromatic rings. The van der Waals surface area contributed by atoms with Crippen molar-refractivity contribution in [1.29, 1.82) is 0 Å². The third kappa shape index (κ3) is 2.09. The molecular formula is C17H18BrNO. The van der Waals surface area contributed by atoms with Crippen molar-refractivity contribution in [3.05, 3.63) is 51.0 Å². The van der Waals surface area contributed by atoms with E-state index in [4.69, 9.17) is 4.74 Å². The number of fused-ring (bicyclic) bond motifs is 1. The van der Waals surface area contributed by atoms with Crippen LogP contribution in [-0.2, 0) is 4.74 Å². The van der Waals surface area contributed by atoms with Gasteiger partial charge in [0.05, 0.1) is 13.2 Å². The Hall–Kier alpha value is -0.900. The van der Waals surface area contributed by atoms with Crippen molar-refractivity contribution in [1.82, 2.24) is 5.32 Å². The van der Waals surface area contributed by atoms with Crippen LogP contribution in [0.2, 0.25) is 0 Å². The van der Waals surface area contributed by atoms with Gasteiger partial charge < -0.3 is 10.1 Å². The first kappa shape index (κ1) is 12.8. The molecule has 2 nitrogen and oxygen atoms in total. The predicted molar refractivity (Wildman–Crippen MR) is 84.5 cm³/mol. The number of nitrogens with one attached hydrogen (secondary N) is 1. The summed E-state index contributed by atoms with van der Waals surface area (Å²) >= 11 is 3.52. The summed E-state index contributed by atoms with van der Waals surface area (Å²) < 4.78 is 6.86. The lowest BCUT2D eigenvalue weighted by atomic mass is 9.97. The molecule has 20 heavy (non-hydrogen) atoms. The van der Waals surface area contributed by atoms with Crippen molar-refractivity contribution < 1.29 is 4.74 Å². The molecule has 3 aliphatic rings. The van der Waals surface area contributed by atoms with Crippen molar-refractivity contribution in [3.8, 4) is 0 Å². The summed E-state index contributed by atoms with van der Waals surface area (Å²) in [5.41, 5.74) is 7.36. The van der Waals surface area contributed by atoms with E-state index in [-0.39, 0.29) is 0 Å². The highest BCUT2D eigenvalue weighted by molar-refractivity contribution is 9.10. The molecule has 104 valence electrons. The van der Waals surface area contributed by atoms with Crippen LogP contribution in [-0.4, -0.2) is 25.8 Å². The zero-order valence-corrected chi connectivity index (χ0v) is 13.0. The van der Waals surface area contributed by atoms with Gasteiger partial charge in [0.2, 0.25) is 0 Å². The number of hydrogen-bond acceptors (Lipinski definition) is 2. The van der Waals surface area contributed by atoms with E-state index >= 15 is 0 Å². The first-order valence-electron chi connectivity index (χ1n) is 7.34. The summed E-state index contributed by atoms with van der Waals surface area (Å²) in [5.74, 6) is 0. The molecule has 0 bridgehead atoms. The Morgan fingerprint density at radius 2 is 1.85 bits per heavy atom. The number of halogens is 1. The summed E-state index contributed by atoms with van der Waals surface area (Å²) in [7, 11) is 0. The molecule has 1 aliphatic carbocycles. The maximum atomic E-state index is 5.72. The number of allylic oxidation sites excluding steroid dienone is 1. The first-order valence-corrected chi connectivity index (χ1v) is 8.13. The minimum absolute atomic E-state index is 0.578. The Balaban J connectivity index is 1.70. The largest absolute Gasteiger partial charge is 0.372 e. The normalized spacial score (nSPS) is 25.8. The smallest absolute Gasteiger partial charge is 0.0727 e. The van der Waals surface area contributed by atoms with Gasteiger partial charge in [0.1, 0.15) is 0 Å². The van der Waals surface area contributed by atoms with E-state index in [1.807, 2.05) is 0 Å². The van der Waals surface area contributed by atoms with Crippen molar-refractivity contribution in [2.75, 3.05) is 19.8 Å². The molecule has 1 N–H and O–H groups in total. The molecule has 1 unspecified atom stereocenters. The lowest BCUT2D eigenvalue weighted by Gasteiger charge is -2.15. The standard InChI is InChI=1S/C17H18BrNO/c18-12-5-3-11(4-6-12)13-8-14(17-2-1-7-19-17)16-10-20-9-15(13)16/h3-6,17,19H,1-2,7-10H2. The van der Waals surface area contributed by atoms with Gasteiger partial charge in [-0.05, 0) is 65.8 Å². The Morgan fingerprint density at radius 1 is 1.05 bits per heavy atom. The summed E-state index contributed by atoms with van der Waals surface area (Å²) in [6.07, 6.45) is 3.68. The van der Waals surface area contributed by atoms with Gasteiger partial charge in [0, 0.05) is 10.5 Å². The number of benzene rings is 1. The van der Waals surface area contributed by atoms with Gasteiger partial charge in [-0.15, -0.1) is 0 Å². The second-order valence-corrected chi connectivity index (χ2v) is 6.70. The molecule has 2 saturated heterocycles. The van der Waals surface area contributed by atoms with Gasteiger partial charge in [-0.1, -0.05) is 28.1 Å². The molecule has 2 fully saturated rings. The number of hydrogen-bond donors (Lipinski definition) is 1. The molecule has 2 heterocycles. The highest BCUT2D eigenvalue weighted by atomic mass is 79.9. The number of ether oxygens (including phenoxy) is 1. The first-order chi connectivity index (χ1) is 9.83. The predicted octanol–water partition coefficient (Wildman–Crippen LogP) is 3.69. The quantitative estimate of drug-likeness (QED) is 0.892. The zero-order chi connectivity index (χ0) is 13.5. The average Bonchev–Trinajstić information content (AvgIpc) is 3.16. The monoisotopic (exact) mass is 331 g/mol. The van der Waals surface area contributed by atoms with E-state index in [1.54, 1.807) is 5.57 Å². The van der Waals surface area contributed by atoms with E-state index in [9.17, 15) is 0 Å². The maximum absolute atomic E-state index is 5.72. The van der Waals surface area contributed by atoms with Gasteiger partial charge in [0.25, 0.3) is 0 Å². The lowest BCUT2D eigenvalue weighted by Crippen LogP contribution is -2.24. The van der Waals surface area contributed by atoms with Crippen LogP contribution in [0, 0.1) is 0 Å². The Labute approximate surface area is 128 Å². The molecule has 0 saturated carbocycles. The van der Waals surface area contributed by atoms with Crippen LogP contribution in [0.1, 0.15) is 24.8 Å². The average molecular weight is 332 g/mol. The number of rotatable bonds is 2. The molecule has 0 spiro atoms. The molecule has 0 radical (unpaired) electrons. The Morgan fingerprint density at radius 3 is 2.60 bits per heavy atom. The van der Waals surface area contributed by atoms with E-state index in [0.717, 1.165) is 30.7 Å². The van der Waals surface area contributed by atoms with E-state index in [0.29, 0.717) is 6.04 Å². The lowest BCUT2D eigenvalue weighted by molar-refractivity contribution is 0.214. The van der Waals surface area contributed by atoms with E-state index in [2.05, 4.69) is 45.5 Å².